The van der Waals surface area contributed by atoms with E-state index < -0.39 is 0 Å². The van der Waals surface area contributed by atoms with Crippen molar-refractivity contribution in [2.75, 3.05) is 26.0 Å². The summed E-state index contributed by atoms with van der Waals surface area (Å²) in [6.07, 6.45) is 0.686. The van der Waals surface area contributed by atoms with Crippen LogP contribution in [0.25, 0.3) is 11.0 Å². The molecule has 0 saturated heterocycles. The van der Waals surface area contributed by atoms with Gasteiger partial charge >= 0.3 is 0 Å². The lowest BCUT2D eigenvalue weighted by Crippen LogP contribution is -2.23. The minimum absolute atomic E-state index is 0.287. The molecular weight excluding hydrogens is 345 g/mol. The molecule has 3 nitrogen and oxygen atoms in total. The Morgan fingerprint density at radius 1 is 1.45 bits per heavy atom. The van der Waals surface area contributed by atoms with Crippen LogP contribution in [0.4, 0.5) is 4.39 Å². The van der Waals surface area contributed by atoms with Crippen LogP contribution in [-0.2, 0) is 13.0 Å². The van der Waals surface area contributed by atoms with Gasteiger partial charge < -0.3 is 9.47 Å². The van der Waals surface area contributed by atoms with Crippen molar-refractivity contribution < 1.29 is 4.39 Å². The van der Waals surface area contributed by atoms with Gasteiger partial charge in [0.1, 0.15) is 11.6 Å². The van der Waals surface area contributed by atoms with Gasteiger partial charge in [-0.3, -0.25) is 0 Å². The summed E-state index contributed by atoms with van der Waals surface area (Å²) in [6, 6.07) is 3.26. The Morgan fingerprint density at radius 3 is 2.85 bits per heavy atom. The third-order valence-electron chi connectivity index (χ3n) is 3.43. The number of hydrogen-bond donors (Lipinski definition) is 0. The summed E-state index contributed by atoms with van der Waals surface area (Å²) < 4.78 is 16.2. The Balaban J connectivity index is 2.42. The highest BCUT2D eigenvalue weighted by Gasteiger charge is 2.13. The minimum Gasteiger partial charge on any atom is -0.327 e. The van der Waals surface area contributed by atoms with Crippen molar-refractivity contribution >= 4 is 38.6 Å². The molecule has 110 valence electrons. The fourth-order valence-corrected chi connectivity index (χ4v) is 2.62. The van der Waals surface area contributed by atoms with E-state index in [1.165, 1.54) is 6.07 Å². The number of likely N-dealkylation sites (N-methyl/N-ethyl adjacent to an activating group) is 1. The van der Waals surface area contributed by atoms with Crippen LogP contribution in [0.3, 0.4) is 0 Å². The molecule has 0 aliphatic carbocycles. The van der Waals surface area contributed by atoms with Crippen molar-refractivity contribution in [3.8, 4) is 0 Å². The molecule has 0 aliphatic heterocycles. The highest BCUT2D eigenvalue weighted by atomic mass is 79.9. The van der Waals surface area contributed by atoms with Crippen molar-refractivity contribution in [3.05, 3.63) is 28.2 Å². The number of aromatic nitrogens is 2. The van der Waals surface area contributed by atoms with Crippen molar-refractivity contribution in [2.45, 2.75) is 19.9 Å². The van der Waals surface area contributed by atoms with Gasteiger partial charge in [-0.2, -0.15) is 0 Å². The Bertz CT molecular complexity index is 600. The summed E-state index contributed by atoms with van der Waals surface area (Å²) in [7, 11) is 2.08. The van der Waals surface area contributed by atoms with Crippen LogP contribution in [0.1, 0.15) is 12.7 Å². The second-order valence-electron chi connectivity index (χ2n) is 4.77. The highest BCUT2D eigenvalue weighted by Crippen LogP contribution is 2.24. The number of halogens is 3. The molecule has 20 heavy (non-hydrogen) atoms. The molecule has 1 aromatic heterocycles. The second kappa shape index (κ2) is 6.87. The van der Waals surface area contributed by atoms with Gasteiger partial charge in [0.2, 0.25) is 0 Å². The number of rotatable bonds is 6. The SMILES string of the molecule is CCN(C)CCn1c(CCCl)nc2cc(F)c(Br)cc21. The lowest BCUT2D eigenvalue weighted by Gasteiger charge is -2.16. The molecule has 0 fully saturated rings. The zero-order chi connectivity index (χ0) is 14.7. The Kier molecular flexibility index (Phi) is 5.41. The summed E-state index contributed by atoms with van der Waals surface area (Å²) >= 11 is 9.08. The van der Waals surface area contributed by atoms with Gasteiger partial charge in [-0.05, 0) is 35.6 Å². The van der Waals surface area contributed by atoms with E-state index in [-0.39, 0.29) is 5.82 Å². The molecule has 6 heteroatoms. The molecule has 1 aromatic carbocycles. The first kappa shape index (κ1) is 15.7. The summed E-state index contributed by atoms with van der Waals surface area (Å²) in [5.41, 5.74) is 1.63. The van der Waals surface area contributed by atoms with Gasteiger partial charge in [0.05, 0.1) is 15.5 Å². The van der Waals surface area contributed by atoms with Crippen LogP contribution in [0, 0.1) is 5.82 Å². The largest absolute Gasteiger partial charge is 0.327 e. The second-order valence-corrected chi connectivity index (χ2v) is 6.00. The molecule has 0 unspecified atom stereocenters. The summed E-state index contributed by atoms with van der Waals surface area (Å²) in [5.74, 6) is 1.14. The highest BCUT2D eigenvalue weighted by molar-refractivity contribution is 9.10. The van der Waals surface area contributed by atoms with Crippen LogP contribution in [-0.4, -0.2) is 40.5 Å². The molecule has 0 atom stereocenters. The fourth-order valence-electron chi connectivity index (χ4n) is 2.12. The van der Waals surface area contributed by atoms with Crippen LogP contribution in [0.2, 0.25) is 0 Å². The molecule has 0 bridgehead atoms. The maximum absolute atomic E-state index is 13.6. The van der Waals surface area contributed by atoms with Gasteiger partial charge in [0, 0.05) is 31.5 Å². The molecule has 0 N–H and O–H groups in total. The predicted molar refractivity (Wildman–Crippen MR) is 85.0 cm³/mol. The predicted octanol–water partition coefficient (Wildman–Crippen LogP) is 3.67. The van der Waals surface area contributed by atoms with Crippen LogP contribution in [0.15, 0.2) is 16.6 Å². The Labute approximate surface area is 131 Å². The molecule has 0 saturated carbocycles. The van der Waals surface area contributed by atoms with Crippen molar-refractivity contribution in [1.82, 2.24) is 14.5 Å². The van der Waals surface area contributed by atoms with Crippen LogP contribution in [0.5, 0.6) is 0 Å². The number of benzene rings is 1. The number of alkyl halides is 1. The Morgan fingerprint density at radius 2 is 2.20 bits per heavy atom. The molecule has 0 radical (unpaired) electrons. The third kappa shape index (κ3) is 3.32. The average Bonchev–Trinajstić information content (AvgIpc) is 2.74. The van der Waals surface area contributed by atoms with E-state index in [1.807, 2.05) is 0 Å². The normalized spacial score (nSPS) is 11.7. The van der Waals surface area contributed by atoms with Crippen molar-refractivity contribution in [1.29, 1.82) is 0 Å². The smallest absolute Gasteiger partial charge is 0.139 e. The number of aryl methyl sites for hydroxylation is 1. The van der Waals surface area contributed by atoms with Gasteiger partial charge in [0.15, 0.2) is 0 Å². The number of nitrogens with zero attached hydrogens (tertiary/aromatic N) is 3. The summed E-state index contributed by atoms with van der Waals surface area (Å²) in [5, 5.41) is 0. The van der Waals surface area contributed by atoms with Crippen LogP contribution < -0.4 is 0 Å². The lowest BCUT2D eigenvalue weighted by molar-refractivity contribution is 0.335. The van der Waals surface area contributed by atoms with E-state index in [2.05, 4.69) is 44.4 Å². The monoisotopic (exact) mass is 361 g/mol. The summed E-state index contributed by atoms with van der Waals surface area (Å²) in [6.45, 7) is 4.87. The lowest BCUT2D eigenvalue weighted by atomic mass is 10.3. The van der Waals surface area contributed by atoms with E-state index in [4.69, 9.17) is 11.6 Å². The first-order chi connectivity index (χ1) is 9.56. The van der Waals surface area contributed by atoms with E-state index in [0.29, 0.717) is 22.3 Å². The zero-order valence-corrected chi connectivity index (χ0v) is 14.0. The fraction of sp³-hybridized carbons (Fsp3) is 0.500. The first-order valence-electron chi connectivity index (χ1n) is 6.65. The van der Waals surface area contributed by atoms with E-state index in [0.717, 1.165) is 31.0 Å². The van der Waals surface area contributed by atoms with Gasteiger partial charge in [-0.1, -0.05) is 6.92 Å². The van der Waals surface area contributed by atoms with E-state index >= 15 is 0 Å². The average molecular weight is 363 g/mol. The molecule has 0 amide bonds. The summed E-state index contributed by atoms with van der Waals surface area (Å²) in [4.78, 5) is 6.74. The third-order valence-corrected chi connectivity index (χ3v) is 4.23. The van der Waals surface area contributed by atoms with E-state index in [9.17, 15) is 4.39 Å². The maximum atomic E-state index is 13.6. The van der Waals surface area contributed by atoms with Gasteiger partial charge in [-0.15, -0.1) is 11.6 Å². The van der Waals surface area contributed by atoms with Gasteiger partial charge in [0.25, 0.3) is 0 Å². The van der Waals surface area contributed by atoms with Crippen molar-refractivity contribution in [2.24, 2.45) is 0 Å². The molecule has 0 aliphatic rings. The molecule has 2 aromatic rings. The Hall–Kier alpha value is -0.650. The van der Waals surface area contributed by atoms with Crippen LogP contribution >= 0.6 is 27.5 Å². The van der Waals surface area contributed by atoms with Gasteiger partial charge in [-0.25, -0.2) is 9.37 Å². The molecular formula is C14H18BrClFN3. The number of fused-ring (bicyclic) bond motifs is 1. The molecule has 2 rings (SSSR count). The zero-order valence-electron chi connectivity index (χ0n) is 11.7. The van der Waals surface area contributed by atoms with E-state index in [1.54, 1.807) is 6.07 Å². The molecule has 1 heterocycles. The number of hydrogen-bond acceptors (Lipinski definition) is 2. The number of imidazole rings is 1. The maximum Gasteiger partial charge on any atom is 0.139 e. The molecule has 0 spiro atoms. The topological polar surface area (TPSA) is 21.1 Å². The van der Waals surface area contributed by atoms with Crippen molar-refractivity contribution in [3.63, 3.8) is 0 Å². The first-order valence-corrected chi connectivity index (χ1v) is 7.98. The quantitative estimate of drug-likeness (QED) is 0.731. The standard InChI is InChI=1S/C14H18BrClFN3/c1-3-19(2)6-7-20-13-8-10(15)11(17)9-12(13)18-14(20)4-5-16/h8-9H,3-7H2,1-2H3. The minimum atomic E-state index is -0.287.